The van der Waals surface area contributed by atoms with E-state index in [9.17, 15) is 0 Å². The number of hydrogen-bond acceptors (Lipinski definition) is 3. The lowest BCUT2D eigenvalue weighted by Crippen LogP contribution is -2.18. The molecule has 0 bridgehead atoms. The quantitative estimate of drug-likeness (QED) is 0.716. The van der Waals surface area contributed by atoms with Crippen LogP contribution in [0.1, 0.15) is 12.7 Å². The van der Waals surface area contributed by atoms with Crippen LogP contribution < -0.4 is 0 Å². The van der Waals surface area contributed by atoms with E-state index < -0.39 is 0 Å². The number of likely N-dealkylation sites (N-methyl/N-ethyl adjacent to an activating group) is 1. The third-order valence-electron chi connectivity index (χ3n) is 3.18. The smallest absolute Gasteiger partial charge is 0.111 e. The van der Waals surface area contributed by atoms with Crippen LogP contribution in [-0.2, 0) is 17.7 Å². The minimum Gasteiger partial charge on any atom is -0.380 e. The second-order valence-corrected chi connectivity index (χ2v) is 4.92. The number of para-hydroxylation sites is 2. The molecule has 0 spiro atoms. The molecule has 1 aromatic carbocycles. The van der Waals surface area contributed by atoms with Crippen molar-refractivity contribution >= 4 is 11.0 Å². The van der Waals surface area contributed by atoms with Crippen molar-refractivity contribution < 1.29 is 4.74 Å². The van der Waals surface area contributed by atoms with Gasteiger partial charge in [-0.1, -0.05) is 12.1 Å². The van der Waals surface area contributed by atoms with E-state index in [0.717, 1.165) is 44.1 Å². The van der Waals surface area contributed by atoms with Crippen LogP contribution >= 0.6 is 0 Å². The fourth-order valence-electron chi connectivity index (χ4n) is 2.19. The van der Waals surface area contributed by atoms with E-state index >= 15 is 0 Å². The predicted octanol–water partition coefficient (Wildman–Crippen LogP) is 2.18. The summed E-state index contributed by atoms with van der Waals surface area (Å²) in [5.74, 6) is 1.15. The van der Waals surface area contributed by atoms with Crippen LogP contribution in [0.5, 0.6) is 0 Å². The molecule has 2 rings (SSSR count). The third kappa shape index (κ3) is 3.55. The Morgan fingerprint density at radius 2 is 2.05 bits per heavy atom. The van der Waals surface area contributed by atoms with Crippen LogP contribution in [0.3, 0.4) is 0 Å². The zero-order chi connectivity index (χ0) is 13.7. The maximum atomic E-state index is 5.48. The Balaban J connectivity index is 2.23. The van der Waals surface area contributed by atoms with Gasteiger partial charge in [-0.3, -0.25) is 0 Å². The summed E-state index contributed by atoms with van der Waals surface area (Å²) < 4.78 is 7.76. The highest BCUT2D eigenvalue weighted by molar-refractivity contribution is 5.75. The molecule has 0 aliphatic rings. The zero-order valence-corrected chi connectivity index (χ0v) is 12.1. The van der Waals surface area contributed by atoms with Gasteiger partial charge in [-0.2, -0.15) is 0 Å². The first-order chi connectivity index (χ1) is 9.22. The van der Waals surface area contributed by atoms with Crippen LogP contribution in [0.25, 0.3) is 11.0 Å². The second-order valence-electron chi connectivity index (χ2n) is 4.92. The lowest BCUT2D eigenvalue weighted by atomic mass is 10.3. The van der Waals surface area contributed by atoms with Crippen molar-refractivity contribution in [3.63, 3.8) is 0 Å². The lowest BCUT2D eigenvalue weighted by molar-refractivity contribution is 0.139. The second kappa shape index (κ2) is 6.68. The summed E-state index contributed by atoms with van der Waals surface area (Å²) in [4.78, 5) is 6.93. The van der Waals surface area contributed by atoms with Crippen molar-refractivity contribution in [3.05, 3.63) is 30.1 Å². The van der Waals surface area contributed by atoms with Crippen LogP contribution in [0, 0.1) is 0 Å². The van der Waals surface area contributed by atoms with Gasteiger partial charge in [-0.15, -0.1) is 0 Å². The Hall–Kier alpha value is -1.39. The van der Waals surface area contributed by atoms with Crippen LogP contribution in [-0.4, -0.2) is 48.3 Å². The van der Waals surface area contributed by atoms with Gasteiger partial charge in [0.05, 0.1) is 17.6 Å². The van der Waals surface area contributed by atoms with Crippen molar-refractivity contribution in [1.82, 2.24) is 14.5 Å². The molecule has 0 amide bonds. The van der Waals surface area contributed by atoms with Crippen molar-refractivity contribution in [2.45, 2.75) is 19.9 Å². The van der Waals surface area contributed by atoms with Crippen LogP contribution in [0.15, 0.2) is 24.3 Å². The van der Waals surface area contributed by atoms with Gasteiger partial charge in [-0.05, 0) is 33.2 Å². The number of hydrogen-bond donors (Lipinski definition) is 0. The fraction of sp³-hybridized carbons (Fsp3) is 0.533. The Morgan fingerprint density at radius 1 is 1.26 bits per heavy atom. The summed E-state index contributed by atoms with van der Waals surface area (Å²) in [6.07, 6.45) is 0.966. The van der Waals surface area contributed by atoms with E-state index in [1.165, 1.54) is 5.52 Å². The fourth-order valence-corrected chi connectivity index (χ4v) is 2.19. The van der Waals surface area contributed by atoms with E-state index in [2.05, 4.69) is 41.8 Å². The molecule has 0 unspecified atom stereocenters. The summed E-state index contributed by atoms with van der Waals surface area (Å²) in [6, 6.07) is 8.31. The molecule has 0 atom stereocenters. The van der Waals surface area contributed by atoms with Gasteiger partial charge in [0.15, 0.2) is 0 Å². The molecule has 0 aliphatic carbocycles. The van der Waals surface area contributed by atoms with Crippen molar-refractivity contribution in [2.75, 3.05) is 33.9 Å². The van der Waals surface area contributed by atoms with Crippen molar-refractivity contribution in [3.8, 4) is 0 Å². The molecule has 0 radical (unpaired) electrons. The van der Waals surface area contributed by atoms with Gasteiger partial charge in [0.2, 0.25) is 0 Å². The molecular weight excluding hydrogens is 238 g/mol. The monoisotopic (exact) mass is 261 g/mol. The Labute approximate surface area is 115 Å². The van der Waals surface area contributed by atoms with Gasteiger partial charge in [0.1, 0.15) is 5.82 Å². The average Bonchev–Trinajstić information content (AvgIpc) is 2.75. The SMILES string of the molecule is CCOCCn1c(CCN(C)C)nc2ccccc21. The molecule has 1 aromatic heterocycles. The number of rotatable bonds is 7. The predicted molar refractivity (Wildman–Crippen MR) is 78.5 cm³/mol. The number of benzene rings is 1. The number of fused-ring (bicyclic) bond motifs is 1. The van der Waals surface area contributed by atoms with Crippen LogP contribution in [0.2, 0.25) is 0 Å². The first kappa shape index (κ1) is 14.0. The Kier molecular flexibility index (Phi) is 4.93. The van der Waals surface area contributed by atoms with Gasteiger partial charge >= 0.3 is 0 Å². The molecule has 0 saturated carbocycles. The largest absolute Gasteiger partial charge is 0.380 e. The summed E-state index contributed by atoms with van der Waals surface area (Å²) in [6.45, 7) is 5.42. The van der Waals surface area contributed by atoms with Gasteiger partial charge in [0, 0.05) is 26.1 Å². The summed E-state index contributed by atoms with van der Waals surface area (Å²) in [7, 11) is 4.18. The standard InChI is InChI=1S/C15H23N3O/c1-4-19-12-11-18-14-8-6-5-7-13(14)16-15(18)9-10-17(2)3/h5-8H,4,9-12H2,1-3H3. The van der Waals surface area contributed by atoms with Gasteiger partial charge < -0.3 is 14.2 Å². The summed E-state index contributed by atoms with van der Waals surface area (Å²) in [5, 5.41) is 0. The number of ether oxygens (including phenoxy) is 1. The molecular formula is C15H23N3O. The van der Waals surface area contributed by atoms with Gasteiger partial charge in [-0.25, -0.2) is 4.98 Å². The molecule has 19 heavy (non-hydrogen) atoms. The van der Waals surface area contributed by atoms with E-state index in [4.69, 9.17) is 9.72 Å². The van der Waals surface area contributed by atoms with E-state index in [1.807, 2.05) is 13.0 Å². The molecule has 4 heteroatoms. The summed E-state index contributed by atoms with van der Waals surface area (Å²) >= 11 is 0. The first-order valence-electron chi connectivity index (χ1n) is 6.89. The molecule has 0 N–H and O–H groups in total. The maximum Gasteiger partial charge on any atom is 0.111 e. The molecule has 2 aromatic rings. The number of aromatic nitrogens is 2. The lowest BCUT2D eigenvalue weighted by Gasteiger charge is -2.12. The van der Waals surface area contributed by atoms with E-state index in [-0.39, 0.29) is 0 Å². The van der Waals surface area contributed by atoms with E-state index in [1.54, 1.807) is 0 Å². The average molecular weight is 261 g/mol. The Morgan fingerprint density at radius 3 is 2.79 bits per heavy atom. The molecule has 1 heterocycles. The summed E-state index contributed by atoms with van der Waals surface area (Å²) in [5.41, 5.74) is 2.28. The Bertz CT molecular complexity index is 519. The van der Waals surface area contributed by atoms with Crippen molar-refractivity contribution in [2.24, 2.45) is 0 Å². The zero-order valence-electron chi connectivity index (χ0n) is 12.1. The molecule has 4 nitrogen and oxygen atoms in total. The minimum atomic E-state index is 0.742. The maximum absolute atomic E-state index is 5.48. The third-order valence-corrected chi connectivity index (χ3v) is 3.18. The molecule has 104 valence electrons. The van der Waals surface area contributed by atoms with Gasteiger partial charge in [0.25, 0.3) is 0 Å². The minimum absolute atomic E-state index is 0.742. The van der Waals surface area contributed by atoms with Crippen molar-refractivity contribution in [1.29, 1.82) is 0 Å². The normalized spacial score (nSPS) is 11.6. The molecule has 0 fully saturated rings. The highest BCUT2D eigenvalue weighted by Crippen LogP contribution is 2.16. The number of nitrogens with zero attached hydrogens (tertiary/aromatic N) is 3. The topological polar surface area (TPSA) is 30.3 Å². The highest BCUT2D eigenvalue weighted by atomic mass is 16.5. The highest BCUT2D eigenvalue weighted by Gasteiger charge is 2.10. The first-order valence-corrected chi connectivity index (χ1v) is 6.89. The molecule has 0 saturated heterocycles. The van der Waals surface area contributed by atoms with Crippen LogP contribution in [0.4, 0.5) is 0 Å². The number of imidazole rings is 1. The van der Waals surface area contributed by atoms with E-state index in [0.29, 0.717) is 0 Å². The molecule has 0 aliphatic heterocycles.